The molecule has 0 spiro atoms. The molecule has 6 N–H and O–H groups in total. The molecule has 0 unspecified atom stereocenters. The second-order valence-corrected chi connectivity index (χ2v) is 36.0. The van der Waals surface area contributed by atoms with E-state index in [1.807, 2.05) is 135 Å². The fraction of sp³-hybridized carbons (Fsp3) is 0.353. The molecule has 15 aromatic rings. The maximum atomic E-state index is 14.1. The fourth-order valence-electron chi connectivity index (χ4n) is 15.8. The lowest BCUT2D eigenvalue weighted by Crippen LogP contribution is -2.43. The summed E-state index contributed by atoms with van der Waals surface area (Å²) in [6.07, 6.45) is 28.4. The van der Waals surface area contributed by atoms with Crippen LogP contribution in [0.3, 0.4) is 0 Å². The molecule has 20 heterocycles. The van der Waals surface area contributed by atoms with E-state index in [0.29, 0.717) is 198 Å². The van der Waals surface area contributed by atoms with Gasteiger partial charge in [-0.2, -0.15) is 35.7 Å². The second-order valence-electron chi connectivity index (χ2n) is 36.0. The van der Waals surface area contributed by atoms with Crippen molar-refractivity contribution in [1.29, 1.82) is 0 Å². The number of pyridine rings is 4. The Kier molecular flexibility index (Phi) is 36.5. The number of rotatable bonds is 42. The number of carbonyl (C=O) groups excluding carboxylic acids is 4. The van der Waals surface area contributed by atoms with Gasteiger partial charge in [0, 0.05) is 118 Å². The average Bonchev–Trinajstić information content (AvgIpc) is 1.62. The summed E-state index contributed by atoms with van der Waals surface area (Å²) in [7, 11) is 4.88. The molecule has 0 aliphatic carbocycles. The Hall–Kier alpha value is -16.0. The van der Waals surface area contributed by atoms with Crippen molar-refractivity contribution in [3.8, 4) is 79.5 Å². The first kappa shape index (κ1) is 105. The molecule has 15 aromatic heterocycles. The van der Waals surface area contributed by atoms with Gasteiger partial charge in [-0.1, -0.05) is 52.0 Å². The van der Waals surface area contributed by atoms with Crippen LogP contribution >= 0.6 is 0 Å². The highest BCUT2D eigenvalue weighted by Crippen LogP contribution is 2.38. The molecule has 45 heteroatoms. The van der Waals surface area contributed by atoms with Gasteiger partial charge < -0.3 is 91.2 Å². The Morgan fingerprint density at radius 3 is 1.20 bits per heavy atom. The molecule has 0 aromatic carbocycles. The summed E-state index contributed by atoms with van der Waals surface area (Å²) in [5.74, 6) is 1.67. The summed E-state index contributed by atoms with van der Waals surface area (Å²) in [5.41, 5.74) is 10.9. The number of furan rings is 4. The maximum absolute atomic E-state index is 14.1. The number of aromatic nitrogens is 18. The van der Waals surface area contributed by atoms with Gasteiger partial charge >= 0.3 is 0 Å². The van der Waals surface area contributed by atoms with Gasteiger partial charge in [0.25, 0.3) is 36.6 Å². The molecule has 5 aliphatic heterocycles. The van der Waals surface area contributed by atoms with E-state index in [4.69, 9.17) is 100 Å². The number of methoxy groups -OCH3 is 3. The van der Waals surface area contributed by atoms with Crippen molar-refractivity contribution in [2.45, 2.75) is 67.0 Å². The Morgan fingerprint density at radius 1 is 0.415 bits per heavy atom. The number of nitrogens with zero attached hydrogens (tertiary/aromatic N) is 19. The Balaban J connectivity index is 0.000000147. The molecule has 5 aliphatic rings. The van der Waals surface area contributed by atoms with Crippen LogP contribution in [0.25, 0.3) is 79.5 Å². The van der Waals surface area contributed by atoms with Gasteiger partial charge in [0.2, 0.25) is 0 Å². The minimum atomic E-state index is -0.359. The van der Waals surface area contributed by atoms with Gasteiger partial charge in [-0.3, -0.25) is 91.8 Å². The molecular weight excluding hydrogens is 1900 g/mol. The zero-order valence-electron chi connectivity index (χ0n) is 82.2. The summed E-state index contributed by atoms with van der Waals surface area (Å²) in [5, 5.41) is 56.6. The predicted octanol–water partition coefficient (Wildman–Crippen LogP) is 12.1. The van der Waals surface area contributed by atoms with Gasteiger partial charge in [-0.15, -0.1) is 0 Å². The largest absolute Gasteiger partial charge is 0.483 e. The molecule has 0 atom stereocenters. The van der Waals surface area contributed by atoms with E-state index in [9.17, 15) is 19.2 Å². The number of aliphatic imine (C=N–C) groups is 1. The lowest BCUT2D eigenvalue weighted by atomic mass is 9.89. The van der Waals surface area contributed by atoms with E-state index in [1.54, 1.807) is 140 Å². The number of amides is 4. The highest BCUT2D eigenvalue weighted by atomic mass is 16.5. The number of carboxylic acid groups (broad SMARTS) is 2. The van der Waals surface area contributed by atoms with Crippen LogP contribution in [0.2, 0.25) is 0 Å². The van der Waals surface area contributed by atoms with Gasteiger partial charge in [-0.05, 0) is 103 Å². The first-order valence-electron chi connectivity index (χ1n) is 47.1. The molecule has 45 nitrogen and oxygen atoms in total. The molecule has 4 fully saturated rings. The van der Waals surface area contributed by atoms with Crippen molar-refractivity contribution < 1.29 is 104 Å². The molecule has 4 saturated heterocycles. The second kappa shape index (κ2) is 51.0. The number of ether oxygens (including phenoxy) is 10. The Bertz CT molecular complexity index is 6580. The van der Waals surface area contributed by atoms with Crippen LogP contribution < -0.4 is 20.9 Å². The monoisotopic (exact) mass is 2010 g/mol. The standard InChI is InChI=1S/C31H42N6O8.2C26H28N6O4.C17H13N5O2.2CH2O2/c1-39-16-19-42-13-10-35-23-25(22-33-35)28-7-8-29(45-28)31(38)37(12-15-44-21-18-41-3)27-24-36(11-14-43-20-17-40-2)34-30(27)26-6-4-5-9-32-26;2*1-25(14-34-15-25)12-31-10-18(9-28-31)21-6-7-22(36-21)24(33)29-20-11-32(13-26(2)16-35-17-26)30-23(20)19-5-3-4-8-27-19;23-17(15-5-4-14(24-15)11-9-20-21-10-11)22-13-6-8-19-16(13)12-3-1-2-7-18-12;2*2-1-3/h4-9,22-24H,10-21H2,1-3H3;2*3-11H,12-17H2,1-2H3,(H,29,33);1-7,9-10H,8H2,(H,20,21)(H,22,23);2*1H,(H,2,3). The van der Waals surface area contributed by atoms with Crippen LogP contribution in [-0.2, 0) is 96.2 Å². The molecule has 4 amide bonds. The highest BCUT2D eigenvalue weighted by molar-refractivity contribution is 6.15. The lowest BCUT2D eigenvalue weighted by molar-refractivity contribution is -0.123. The third-order valence-electron chi connectivity index (χ3n) is 23.3. The van der Waals surface area contributed by atoms with Crippen molar-refractivity contribution in [3.05, 3.63) is 255 Å². The van der Waals surface area contributed by atoms with Crippen molar-refractivity contribution in [1.82, 2.24) is 94.1 Å². The number of aromatic amines is 1. The van der Waals surface area contributed by atoms with E-state index >= 15 is 0 Å². The van der Waals surface area contributed by atoms with Crippen LogP contribution in [0.4, 0.5) is 17.1 Å². The third-order valence-corrected chi connectivity index (χ3v) is 23.3. The van der Waals surface area contributed by atoms with Crippen molar-refractivity contribution >= 4 is 59.3 Å². The van der Waals surface area contributed by atoms with Crippen LogP contribution in [0, 0.1) is 21.7 Å². The average molecular weight is 2020 g/mol. The fourth-order valence-corrected chi connectivity index (χ4v) is 15.8. The molecule has 147 heavy (non-hydrogen) atoms. The minimum Gasteiger partial charge on any atom is -0.483 e. The van der Waals surface area contributed by atoms with E-state index < -0.39 is 0 Å². The lowest BCUT2D eigenvalue weighted by Gasteiger charge is -2.37. The van der Waals surface area contributed by atoms with E-state index in [-0.39, 0.29) is 94.4 Å². The quantitative estimate of drug-likeness (QED) is 0.0153. The Morgan fingerprint density at radius 2 is 0.789 bits per heavy atom. The topological polar surface area (TPSA) is 527 Å². The number of nitrogens with one attached hydrogen (secondary N) is 4. The van der Waals surface area contributed by atoms with Gasteiger partial charge in [0.05, 0.1) is 251 Å². The summed E-state index contributed by atoms with van der Waals surface area (Å²) in [6, 6.07) is 36.0. The van der Waals surface area contributed by atoms with Crippen LogP contribution in [0.15, 0.2) is 249 Å². The van der Waals surface area contributed by atoms with Crippen molar-refractivity contribution in [3.63, 3.8) is 0 Å². The minimum absolute atomic E-state index is 0.0259. The zero-order valence-corrected chi connectivity index (χ0v) is 82.2. The predicted molar refractivity (Wildman–Crippen MR) is 532 cm³/mol. The first-order valence-corrected chi connectivity index (χ1v) is 47.1. The summed E-state index contributed by atoms with van der Waals surface area (Å²) in [4.78, 5) is 93.1. The van der Waals surface area contributed by atoms with Gasteiger partial charge in [0.1, 0.15) is 45.8 Å². The third kappa shape index (κ3) is 28.6. The zero-order chi connectivity index (χ0) is 103. The normalized spacial score (nSPS) is 14.6. The van der Waals surface area contributed by atoms with E-state index in [1.165, 1.54) is 0 Å². The maximum Gasteiger partial charge on any atom is 0.294 e. The molecule has 0 saturated carbocycles. The Labute approximate surface area is 843 Å². The number of H-pyrrole nitrogens is 1. The number of hydrogen-bond acceptors (Lipinski definition) is 32. The summed E-state index contributed by atoms with van der Waals surface area (Å²) in [6.45, 7) is 22.6. The van der Waals surface area contributed by atoms with Crippen molar-refractivity contribution in [2.24, 2.45) is 26.7 Å². The molecule has 20 rings (SSSR count). The molecule has 770 valence electrons. The van der Waals surface area contributed by atoms with E-state index in [2.05, 4.69) is 94.1 Å². The summed E-state index contributed by atoms with van der Waals surface area (Å²) < 4.78 is 87.9. The van der Waals surface area contributed by atoms with E-state index in [0.717, 1.165) is 67.5 Å². The number of allylic oxidation sites excluding steroid dienone is 1. The number of anilines is 3. The van der Waals surface area contributed by atoms with Crippen molar-refractivity contribution in [2.75, 3.05) is 162 Å². The van der Waals surface area contributed by atoms with Crippen LogP contribution in [0.5, 0.6) is 0 Å². The first-order chi connectivity index (χ1) is 71.5. The number of carbonyl (C=O) groups is 6. The van der Waals surface area contributed by atoms with Gasteiger partial charge in [-0.25, -0.2) is 0 Å². The van der Waals surface area contributed by atoms with Crippen LogP contribution in [-0.4, -0.2) is 288 Å². The summed E-state index contributed by atoms with van der Waals surface area (Å²) >= 11 is 0. The van der Waals surface area contributed by atoms with Crippen LogP contribution in [0.1, 0.15) is 75.6 Å². The highest BCUT2D eigenvalue weighted by Gasteiger charge is 2.39. The smallest absolute Gasteiger partial charge is 0.294 e. The molecular formula is C102H115N23O22. The molecule has 0 bridgehead atoms. The van der Waals surface area contributed by atoms with Gasteiger partial charge in [0.15, 0.2) is 23.0 Å². The molecule has 0 radical (unpaired) electrons. The SMILES string of the molecule is CC1(Cn2cc(-c3ccc(C(=O)Nc4cn(CC5(C)COC5)nc4-c4ccccn4)o3)cn2)COC1.CC1(Cn2cc(-c3ccc(C(=O)Nc4cn(CC5(C)COC5)nc4-c4ccccn4)o3)cn2)COC1.COCCOCCN(C(=O)c1ccc(-c2cnn(CCOCCOC)c2)o1)c1cn(CCOCCOC)nc1-c1ccccn1.O=C(NC1=CCN=C1c1ccccn1)c1ccc(-c2cn[nH]c2)o1.O=CO.O=CO. The number of hydrogen-bond donors (Lipinski definition) is 6.